The first kappa shape index (κ1) is 10.8. The number of nitriles is 1. The summed E-state index contributed by atoms with van der Waals surface area (Å²) in [4.78, 5) is 12.7. The molecule has 1 N–H and O–H groups in total. The van der Waals surface area contributed by atoms with Crippen molar-refractivity contribution in [3.63, 3.8) is 0 Å². The van der Waals surface area contributed by atoms with Crippen LogP contribution in [0.5, 0.6) is 0 Å². The van der Waals surface area contributed by atoms with Gasteiger partial charge in [0, 0.05) is 19.6 Å². The van der Waals surface area contributed by atoms with E-state index in [2.05, 4.69) is 5.32 Å². The third kappa shape index (κ3) is 4.56. The lowest BCUT2D eigenvalue weighted by molar-refractivity contribution is 0.207. The van der Waals surface area contributed by atoms with Crippen LogP contribution in [0.1, 0.15) is 20.3 Å². The van der Waals surface area contributed by atoms with Crippen LogP contribution in [-0.4, -0.2) is 30.6 Å². The highest BCUT2D eigenvalue weighted by Gasteiger charge is 2.07. The highest BCUT2D eigenvalue weighted by molar-refractivity contribution is 5.74. The third-order valence-electron chi connectivity index (χ3n) is 1.32. The standard InChI is InChI=1S/C8H15N3O/c1-7(2)10-8(12)11(3)6-4-5-9/h7H,4,6H2,1-3H3,(H,10,12). The van der Waals surface area contributed by atoms with Crippen molar-refractivity contribution >= 4 is 6.03 Å². The molecule has 0 aliphatic rings. The number of urea groups is 1. The predicted octanol–water partition coefficient (Wildman–Crippen LogP) is 0.950. The van der Waals surface area contributed by atoms with Gasteiger partial charge in [0.1, 0.15) is 0 Å². The second-order valence-electron chi connectivity index (χ2n) is 2.93. The maximum Gasteiger partial charge on any atom is 0.317 e. The zero-order valence-corrected chi connectivity index (χ0v) is 7.79. The summed E-state index contributed by atoms with van der Waals surface area (Å²) in [6, 6.07) is 2.00. The fraction of sp³-hybridized carbons (Fsp3) is 0.750. The minimum Gasteiger partial charge on any atom is -0.336 e. The van der Waals surface area contributed by atoms with E-state index in [-0.39, 0.29) is 12.1 Å². The lowest BCUT2D eigenvalue weighted by Gasteiger charge is -2.17. The quantitative estimate of drug-likeness (QED) is 0.683. The molecule has 0 saturated carbocycles. The van der Waals surface area contributed by atoms with Gasteiger partial charge in [0.05, 0.1) is 12.5 Å². The van der Waals surface area contributed by atoms with Crippen molar-refractivity contribution in [1.82, 2.24) is 10.2 Å². The molecule has 0 fully saturated rings. The molecule has 0 aromatic heterocycles. The normalized spacial score (nSPS) is 9.25. The van der Waals surface area contributed by atoms with Gasteiger partial charge in [0.15, 0.2) is 0 Å². The average Bonchev–Trinajstić information content (AvgIpc) is 1.98. The Morgan fingerprint density at radius 2 is 2.25 bits per heavy atom. The van der Waals surface area contributed by atoms with Crippen LogP contribution in [0.4, 0.5) is 4.79 Å². The van der Waals surface area contributed by atoms with Gasteiger partial charge < -0.3 is 10.2 Å². The van der Waals surface area contributed by atoms with Gasteiger partial charge in [-0.1, -0.05) is 0 Å². The molecule has 4 heteroatoms. The van der Waals surface area contributed by atoms with Crippen molar-refractivity contribution in [3.8, 4) is 6.07 Å². The Labute approximate surface area is 73.2 Å². The van der Waals surface area contributed by atoms with E-state index in [4.69, 9.17) is 5.26 Å². The van der Waals surface area contributed by atoms with Crippen molar-refractivity contribution in [2.45, 2.75) is 26.3 Å². The van der Waals surface area contributed by atoms with Gasteiger partial charge in [-0.3, -0.25) is 0 Å². The third-order valence-corrected chi connectivity index (χ3v) is 1.32. The molecule has 0 heterocycles. The van der Waals surface area contributed by atoms with E-state index in [1.54, 1.807) is 7.05 Å². The van der Waals surface area contributed by atoms with Gasteiger partial charge >= 0.3 is 6.03 Å². The lowest BCUT2D eigenvalue weighted by atomic mass is 10.4. The minimum atomic E-state index is -0.125. The van der Waals surface area contributed by atoms with Crippen LogP contribution in [0, 0.1) is 11.3 Å². The molecule has 2 amide bonds. The van der Waals surface area contributed by atoms with E-state index in [0.29, 0.717) is 13.0 Å². The van der Waals surface area contributed by atoms with Crippen LogP contribution in [0.15, 0.2) is 0 Å². The van der Waals surface area contributed by atoms with Crippen molar-refractivity contribution in [1.29, 1.82) is 5.26 Å². The predicted molar refractivity (Wildman–Crippen MR) is 46.5 cm³/mol. The number of nitrogens with zero attached hydrogens (tertiary/aromatic N) is 2. The molecule has 0 aromatic carbocycles. The van der Waals surface area contributed by atoms with E-state index < -0.39 is 0 Å². The van der Waals surface area contributed by atoms with E-state index in [0.717, 1.165) is 0 Å². The first-order valence-electron chi connectivity index (χ1n) is 3.96. The number of amides is 2. The van der Waals surface area contributed by atoms with Crippen LogP contribution in [0.3, 0.4) is 0 Å². The Hall–Kier alpha value is -1.24. The first-order chi connectivity index (χ1) is 5.57. The number of hydrogen-bond acceptors (Lipinski definition) is 2. The van der Waals surface area contributed by atoms with Gasteiger partial charge in [0.25, 0.3) is 0 Å². The fourth-order valence-corrected chi connectivity index (χ4v) is 0.676. The Morgan fingerprint density at radius 1 is 1.67 bits per heavy atom. The Balaban J connectivity index is 3.70. The monoisotopic (exact) mass is 169 g/mol. The van der Waals surface area contributed by atoms with Gasteiger partial charge in [0.2, 0.25) is 0 Å². The van der Waals surface area contributed by atoms with Crippen molar-refractivity contribution < 1.29 is 4.79 Å². The van der Waals surface area contributed by atoms with Gasteiger partial charge in [-0.15, -0.1) is 0 Å². The Bertz CT molecular complexity index is 183. The molecule has 68 valence electrons. The summed E-state index contributed by atoms with van der Waals surface area (Å²) in [5.41, 5.74) is 0. The van der Waals surface area contributed by atoms with E-state index in [1.807, 2.05) is 19.9 Å². The van der Waals surface area contributed by atoms with Crippen LogP contribution >= 0.6 is 0 Å². The molecule has 0 rings (SSSR count). The number of hydrogen-bond donors (Lipinski definition) is 1. The zero-order valence-electron chi connectivity index (χ0n) is 7.79. The molecular weight excluding hydrogens is 154 g/mol. The van der Waals surface area contributed by atoms with Gasteiger partial charge in [-0.25, -0.2) is 4.79 Å². The summed E-state index contributed by atoms with van der Waals surface area (Å²) in [6.07, 6.45) is 0.377. The molecule has 0 bridgehead atoms. The molecule has 0 spiro atoms. The number of nitrogens with one attached hydrogen (secondary N) is 1. The summed E-state index contributed by atoms with van der Waals surface area (Å²) in [5, 5.41) is 11.0. The molecule has 0 aromatic rings. The van der Waals surface area contributed by atoms with Crippen molar-refractivity contribution in [2.24, 2.45) is 0 Å². The van der Waals surface area contributed by atoms with Crippen LogP contribution in [-0.2, 0) is 0 Å². The van der Waals surface area contributed by atoms with E-state index in [1.165, 1.54) is 4.90 Å². The summed E-state index contributed by atoms with van der Waals surface area (Å²) < 4.78 is 0. The molecule has 0 aliphatic heterocycles. The summed E-state index contributed by atoms with van der Waals surface area (Å²) in [7, 11) is 1.68. The van der Waals surface area contributed by atoms with Crippen LogP contribution in [0.25, 0.3) is 0 Å². The molecule has 0 radical (unpaired) electrons. The number of carbonyl (C=O) groups excluding carboxylic acids is 1. The van der Waals surface area contributed by atoms with Crippen LogP contribution < -0.4 is 5.32 Å². The SMILES string of the molecule is CC(C)NC(=O)N(C)CCC#N. The van der Waals surface area contributed by atoms with Gasteiger partial charge in [-0.05, 0) is 13.8 Å². The van der Waals surface area contributed by atoms with E-state index in [9.17, 15) is 4.79 Å². The summed E-state index contributed by atoms with van der Waals surface area (Å²) >= 11 is 0. The topological polar surface area (TPSA) is 56.1 Å². The molecule has 0 aliphatic carbocycles. The van der Waals surface area contributed by atoms with Gasteiger partial charge in [-0.2, -0.15) is 5.26 Å². The fourth-order valence-electron chi connectivity index (χ4n) is 0.676. The highest BCUT2D eigenvalue weighted by atomic mass is 16.2. The lowest BCUT2D eigenvalue weighted by Crippen LogP contribution is -2.41. The Morgan fingerprint density at radius 3 is 2.67 bits per heavy atom. The zero-order chi connectivity index (χ0) is 9.56. The molecule has 0 unspecified atom stereocenters. The molecule has 12 heavy (non-hydrogen) atoms. The van der Waals surface area contributed by atoms with E-state index >= 15 is 0 Å². The van der Waals surface area contributed by atoms with Crippen molar-refractivity contribution in [2.75, 3.05) is 13.6 Å². The molecular formula is C8H15N3O. The first-order valence-corrected chi connectivity index (χ1v) is 3.96. The average molecular weight is 169 g/mol. The highest BCUT2D eigenvalue weighted by Crippen LogP contribution is 1.88. The molecule has 0 atom stereocenters. The van der Waals surface area contributed by atoms with Crippen molar-refractivity contribution in [3.05, 3.63) is 0 Å². The largest absolute Gasteiger partial charge is 0.336 e. The molecule has 0 saturated heterocycles. The maximum absolute atomic E-state index is 11.2. The second-order valence-corrected chi connectivity index (χ2v) is 2.93. The Kier molecular flexibility index (Phi) is 4.86. The smallest absolute Gasteiger partial charge is 0.317 e. The summed E-state index contributed by atoms with van der Waals surface area (Å²) in [6.45, 7) is 4.28. The maximum atomic E-state index is 11.2. The number of carbonyl (C=O) groups is 1. The minimum absolute atomic E-state index is 0.125. The molecule has 4 nitrogen and oxygen atoms in total. The number of rotatable bonds is 3. The second kappa shape index (κ2) is 5.42. The summed E-state index contributed by atoms with van der Waals surface area (Å²) in [5.74, 6) is 0. The van der Waals surface area contributed by atoms with Crippen LogP contribution in [0.2, 0.25) is 0 Å².